The van der Waals surface area contributed by atoms with Crippen molar-refractivity contribution in [2.24, 2.45) is 5.73 Å². The lowest BCUT2D eigenvalue weighted by Gasteiger charge is -2.16. The molecular weight excluding hydrogens is 234 g/mol. The molecule has 19 heavy (non-hydrogen) atoms. The lowest BCUT2D eigenvalue weighted by molar-refractivity contribution is 0.402. The van der Waals surface area contributed by atoms with Crippen LogP contribution in [0.25, 0.3) is 0 Å². The number of unbranched alkanes of at least 4 members (excludes halogenated alkanes) is 5. The van der Waals surface area contributed by atoms with Gasteiger partial charge in [-0.1, -0.05) is 63.1 Å². The maximum Gasteiger partial charge on any atom is 0.123 e. The van der Waals surface area contributed by atoms with E-state index in [1.165, 1.54) is 44.1 Å². The van der Waals surface area contributed by atoms with Crippen molar-refractivity contribution in [2.45, 2.75) is 64.8 Å². The van der Waals surface area contributed by atoms with Crippen molar-refractivity contribution in [3.8, 4) is 5.75 Å². The summed E-state index contributed by atoms with van der Waals surface area (Å²) >= 11 is 0. The van der Waals surface area contributed by atoms with Crippen molar-refractivity contribution in [2.75, 3.05) is 7.11 Å². The van der Waals surface area contributed by atoms with Crippen LogP contribution in [0, 0.1) is 6.92 Å². The third-order valence-electron chi connectivity index (χ3n) is 3.65. The molecule has 0 heterocycles. The summed E-state index contributed by atoms with van der Waals surface area (Å²) in [7, 11) is 1.71. The summed E-state index contributed by atoms with van der Waals surface area (Å²) in [5, 5.41) is 0. The van der Waals surface area contributed by atoms with Gasteiger partial charge in [0.2, 0.25) is 0 Å². The maximum absolute atomic E-state index is 6.30. The highest BCUT2D eigenvalue weighted by Crippen LogP contribution is 2.28. The van der Waals surface area contributed by atoms with E-state index in [1.807, 2.05) is 6.07 Å². The van der Waals surface area contributed by atoms with Gasteiger partial charge < -0.3 is 10.5 Å². The van der Waals surface area contributed by atoms with E-state index in [1.54, 1.807) is 7.11 Å². The largest absolute Gasteiger partial charge is 0.496 e. The third kappa shape index (κ3) is 5.65. The first kappa shape index (κ1) is 16.0. The Balaban J connectivity index is 2.40. The Bertz CT molecular complexity index is 362. The predicted octanol–water partition coefficient (Wildman–Crippen LogP) is 4.75. The smallest absolute Gasteiger partial charge is 0.123 e. The molecule has 1 aromatic rings. The van der Waals surface area contributed by atoms with Crippen LogP contribution >= 0.6 is 0 Å². The van der Waals surface area contributed by atoms with Crippen molar-refractivity contribution in [3.63, 3.8) is 0 Å². The van der Waals surface area contributed by atoms with Crippen LogP contribution in [0.1, 0.15) is 69.0 Å². The van der Waals surface area contributed by atoms with Gasteiger partial charge in [0.25, 0.3) is 0 Å². The topological polar surface area (TPSA) is 35.2 Å². The molecular formula is C17H29NO. The summed E-state index contributed by atoms with van der Waals surface area (Å²) < 4.78 is 5.40. The second kappa shape index (κ2) is 8.98. The molecule has 1 aromatic carbocycles. The monoisotopic (exact) mass is 263 g/mol. The molecule has 2 heteroatoms. The summed E-state index contributed by atoms with van der Waals surface area (Å²) in [6.45, 7) is 4.35. The van der Waals surface area contributed by atoms with Crippen LogP contribution in [-0.2, 0) is 0 Å². The standard InChI is InChI=1S/C17H29NO/c1-4-5-6-7-8-9-10-16(18)15-13-14(2)11-12-17(15)19-3/h11-13,16H,4-10,18H2,1-3H3. The van der Waals surface area contributed by atoms with Crippen LogP contribution in [0.2, 0.25) is 0 Å². The molecule has 0 amide bonds. The molecule has 1 atom stereocenters. The van der Waals surface area contributed by atoms with Crippen molar-refractivity contribution < 1.29 is 4.74 Å². The lowest BCUT2D eigenvalue weighted by Crippen LogP contribution is -2.11. The molecule has 1 unspecified atom stereocenters. The summed E-state index contributed by atoms with van der Waals surface area (Å²) in [5.41, 5.74) is 8.69. The minimum absolute atomic E-state index is 0.0982. The van der Waals surface area contributed by atoms with Gasteiger partial charge in [-0.05, 0) is 19.4 Å². The van der Waals surface area contributed by atoms with Crippen molar-refractivity contribution >= 4 is 0 Å². The van der Waals surface area contributed by atoms with Gasteiger partial charge in [-0.3, -0.25) is 0 Å². The molecule has 0 spiro atoms. The van der Waals surface area contributed by atoms with E-state index in [-0.39, 0.29) is 6.04 Å². The molecule has 0 aliphatic carbocycles. The molecule has 2 nitrogen and oxygen atoms in total. The fraction of sp³-hybridized carbons (Fsp3) is 0.647. The molecule has 0 aliphatic heterocycles. The zero-order chi connectivity index (χ0) is 14.1. The number of methoxy groups -OCH3 is 1. The molecule has 0 aromatic heterocycles. The number of hydrogen-bond acceptors (Lipinski definition) is 2. The SMILES string of the molecule is CCCCCCCCC(N)c1cc(C)ccc1OC. The minimum atomic E-state index is 0.0982. The second-order valence-electron chi connectivity index (χ2n) is 5.41. The van der Waals surface area contributed by atoms with Gasteiger partial charge in [-0.2, -0.15) is 0 Å². The van der Waals surface area contributed by atoms with Crippen LogP contribution in [0.4, 0.5) is 0 Å². The number of rotatable bonds is 9. The van der Waals surface area contributed by atoms with Crippen LogP contribution in [0.3, 0.4) is 0 Å². The quantitative estimate of drug-likeness (QED) is 0.652. The van der Waals surface area contributed by atoms with E-state index in [4.69, 9.17) is 10.5 Å². The highest BCUT2D eigenvalue weighted by atomic mass is 16.5. The number of ether oxygens (including phenoxy) is 1. The van der Waals surface area contributed by atoms with Gasteiger partial charge >= 0.3 is 0 Å². The first-order valence-corrected chi connectivity index (χ1v) is 7.59. The molecule has 2 N–H and O–H groups in total. The van der Waals surface area contributed by atoms with Crippen LogP contribution in [-0.4, -0.2) is 7.11 Å². The zero-order valence-corrected chi connectivity index (χ0v) is 12.7. The van der Waals surface area contributed by atoms with Gasteiger partial charge in [0.15, 0.2) is 0 Å². The van der Waals surface area contributed by atoms with Gasteiger partial charge in [-0.25, -0.2) is 0 Å². The van der Waals surface area contributed by atoms with Crippen LogP contribution < -0.4 is 10.5 Å². The fourth-order valence-corrected chi connectivity index (χ4v) is 2.44. The number of hydrogen-bond donors (Lipinski definition) is 1. The summed E-state index contributed by atoms with van der Waals surface area (Å²) in [5.74, 6) is 0.920. The number of aryl methyl sites for hydroxylation is 1. The summed E-state index contributed by atoms with van der Waals surface area (Å²) in [6.07, 6.45) is 8.92. The Labute approximate surface area is 118 Å². The average molecular weight is 263 g/mol. The molecule has 0 saturated carbocycles. The lowest BCUT2D eigenvalue weighted by atomic mass is 9.98. The Morgan fingerprint density at radius 1 is 1.11 bits per heavy atom. The van der Waals surface area contributed by atoms with Gasteiger partial charge in [0.1, 0.15) is 5.75 Å². The second-order valence-corrected chi connectivity index (χ2v) is 5.41. The highest BCUT2D eigenvalue weighted by Gasteiger charge is 2.11. The molecule has 1 rings (SSSR count). The normalized spacial score (nSPS) is 12.4. The van der Waals surface area contributed by atoms with Gasteiger partial charge in [0.05, 0.1) is 7.11 Å². The highest BCUT2D eigenvalue weighted by molar-refractivity contribution is 5.38. The fourth-order valence-electron chi connectivity index (χ4n) is 2.44. The van der Waals surface area contributed by atoms with Gasteiger partial charge in [0, 0.05) is 11.6 Å². The molecule has 0 fully saturated rings. The zero-order valence-electron chi connectivity index (χ0n) is 12.7. The van der Waals surface area contributed by atoms with E-state index in [0.29, 0.717) is 0 Å². The Morgan fingerprint density at radius 2 is 1.79 bits per heavy atom. The Hall–Kier alpha value is -1.02. The van der Waals surface area contributed by atoms with Crippen molar-refractivity contribution in [1.29, 1.82) is 0 Å². The van der Waals surface area contributed by atoms with E-state index in [9.17, 15) is 0 Å². The summed E-state index contributed by atoms with van der Waals surface area (Å²) in [4.78, 5) is 0. The van der Waals surface area contributed by atoms with E-state index in [2.05, 4.69) is 26.0 Å². The molecule has 0 saturated heterocycles. The van der Waals surface area contributed by atoms with Crippen LogP contribution in [0.5, 0.6) is 5.75 Å². The summed E-state index contributed by atoms with van der Waals surface area (Å²) in [6, 6.07) is 6.34. The number of nitrogens with two attached hydrogens (primary N) is 1. The average Bonchev–Trinajstić information content (AvgIpc) is 2.42. The number of benzene rings is 1. The van der Waals surface area contributed by atoms with Crippen molar-refractivity contribution in [1.82, 2.24) is 0 Å². The molecule has 0 aliphatic rings. The van der Waals surface area contributed by atoms with E-state index in [0.717, 1.165) is 17.7 Å². The molecule has 0 bridgehead atoms. The first-order chi connectivity index (χ1) is 9.19. The third-order valence-corrected chi connectivity index (χ3v) is 3.65. The minimum Gasteiger partial charge on any atom is -0.496 e. The predicted molar refractivity (Wildman–Crippen MR) is 82.7 cm³/mol. The first-order valence-electron chi connectivity index (χ1n) is 7.59. The maximum atomic E-state index is 6.30. The van der Waals surface area contributed by atoms with Crippen LogP contribution in [0.15, 0.2) is 18.2 Å². The molecule has 108 valence electrons. The van der Waals surface area contributed by atoms with E-state index >= 15 is 0 Å². The van der Waals surface area contributed by atoms with E-state index < -0.39 is 0 Å². The molecule has 0 radical (unpaired) electrons. The van der Waals surface area contributed by atoms with Crippen molar-refractivity contribution in [3.05, 3.63) is 29.3 Å². The Morgan fingerprint density at radius 3 is 2.47 bits per heavy atom. The Kier molecular flexibility index (Phi) is 7.57. The van der Waals surface area contributed by atoms with Gasteiger partial charge in [-0.15, -0.1) is 0 Å².